The first-order chi connectivity index (χ1) is 13.6. The summed E-state index contributed by atoms with van der Waals surface area (Å²) in [7, 11) is -2.43. The van der Waals surface area contributed by atoms with Crippen molar-refractivity contribution in [3.05, 3.63) is 29.3 Å². The third-order valence-electron chi connectivity index (χ3n) is 5.58. The van der Waals surface area contributed by atoms with Crippen molar-refractivity contribution in [2.75, 3.05) is 5.32 Å². The van der Waals surface area contributed by atoms with Gasteiger partial charge in [0.25, 0.3) is 5.91 Å². The van der Waals surface area contributed by atoms with Gasteiger partial charge in [0.2, 0.25) is 15.9 Å². The maximum Gasteiger partial charge on any atom is 0.256 e. The lowest BCUT2D eigenvalue weighted by Gasteiger charge is -2.24. The molecule has 1 aromatic carbocycles. The van der Waals surface area contributed by atoms with Gasteiger partial charge in [-0.2, -0.15) is 5.10 Å². The third kappa shape index (κ3) is 3.53. The van der Waals surface area contributed by atoms with E-state index in [4.69, 9.17) is 5.14 Å². The summed E-state index contributed by atoms with van der Waals surface area (Å²) in [4.78, 5) is 25.9. The van der Waals surface area contributed by atoms with E-state index < -0.39 is 10.0 Å². The molecule has 0 unspecified atom stereocenters. The van der Waals surface area contributed by atoms with Crippen LogP contribution in [-0.4, -0.2) is 41.0 Å². The Hall–Kier alpha value is -2.72. The van der Waals surface area contributed by atoms with E-state index in [9.17, 15) is 18.0 Å². The van der Waals surface area contributed by atoms with Crippen molar-refractivity contribution in [2.45, 2.75) is 44.2 Å². The molecule has 4 rings (SSSR count). The molecule has 2 aromatic rings. The van der Waals surface area contributed by atoms with Crippen LogP contribution in [0.15, 0.2) is 23.1 Å². The minimum Gasteiger partial charge on any atom is -0.331 e. The Morgan fingerprint density at radius 1 is 1.31 bits per heavy atom. The molecule has 9 nitrogen and oxygen atoms in total. The van der Waals surface area contributed by atoms with Gasteiger partial charge < -0.3 is 10.2 Å². The smallest absolute Gasteiger partial charge is 0.256 e. The zero-order chi connectivity index (χ0) is 21.1. The molecule has 2 amide bonds. The van der Waals surface area contributed by atoms with Gasteiger partial charge in [0.05, 0.1) is 16.2 Å². The zero-order valence-electron chi connectivity index (χ0n) is 16.5. The highest BCUT2D eigenvalue weighted by molar-refractivity contribution is 7.89. The summed E-state index contributed by atoms with van der Waals surface area (Å²) < 4.78 is 26.2. The first-order valence-corrected chi connectivity index (χ1v) is 10.9. The quantitative estimate of drug-likeness (QED) is 0.761. The maximum atomic E-state index is 13.0. The van der Waals surface area contributed by atoms with Gasteiger partial charge in [-0.25, -0.2) is 13.6 Å². The average molecular weight is 417 g/mol. The van der Waals surface area contributed by atoms with Gasteiger partial charge in [-0.1, -0.05) is 0 Å². The molecule has 0 saturated heterocycles. The number of carbonyl (C=O) groups is 2. The fraction of sp³-hybridized carbons (Fsp3) is 0.421. The van der Waals surface area contributed by atoms with Crippen molar-refractivity contribution in [3.63, 3.8) is 0 Å². The van der Waals surface area contributed by atoms with Crippen LogP contribution in [0.3, 0.4) is 0 Å². The first kappa shape index (κ1) is 19.6. The highest BCUT2D eigenvalue weighted by atomic mass is 32.2. The van der Waals surface area contributed by atoms with Gasteiger partial charge in [0.1, 0.15) is 0 Å². The van der Waals surface area contributed by atoms with Crippen molar-refractivity contribution >= 4 is 27.7 Å². The molecular formula is C19H23N5O4S. The summed E-state index contributed by atoms with van der Waals surface area (Å²) in [6.45, 7) is 3.72. The molecule has 0 bridgehead atoms. The Labute approximate surface area is 168 Å². The predicted molar refractivity (Wildman–Crippen MR) is 106 cm³/mol. The summed E-state index contributed by atoms with van der Waals surface area (Å²) >= 11 is 0. The lowest BCUT2D eigenvalue weighted by molar-refractivity contribution is -0.114. The molecular weight excluding hydrogens is 394 g/mol. The van der Waals surface area contributed by atoms with E-state index in [0.29, 0.717) is 35.1 Å². The number of fused-ring (bicyclic) bond motifs is 1. The van der Waals surface area contributed by atoms with Crippen molar-refractivity contribution in [1.29, 1.82) is 0 Å². The van der Waals surface area contributed by atoms with Crippen LogP contribution >= 0.6 is 0 Å². The van der Waals surface area contributed by atoms with Crippen LogP contribution < -0.4 is 10.5 Å². The van der Waals surface area contributed by atoms with E-state index in [-0.39, 0.29) is 28.3 Å². The van der Waals surface area contributed by atoms with E-state index in [0.717, 1.165) is 12.8 Å². The number of rotatable bonds is 5. The van der Waals surface area contributed by atoms with Crippen molar-refractivity contribution in [3.8, 4) is 11.3 Å². The van der Waals surface area contributed by atoms with Crippen molar-refractivity contribution in [2.24, 2.45) is 18.1 Å². The molecule has 3 N–H and O–H groups in total. The number of primary sulfonamides is 1. The van der Waals surface area contributed by atoms with Crippen LogP contribution in [-0.2, 0) is 28.4 Å². The number of sulfonamides is 1. The number of carbonyl (C=O) groups excluding carboxylic acids is 2. The van der Waals surface area contributed by atoms with E-state index >= 15 is 0 Å². The molecule has 154 valence electrons. The lowest BCUT2D eigenvalue weighted by Crippen LogP contribution is -2.35. The van der Waals surface area contributed by atoms with Crippen LogP contribution in [0.25, 0.3) is 11.3 Å². The van der Waals surface area contributed by atoms with Gasteiger partial charge in [-0.15, -0.1) is 0 Å². The van der Waals surface area contributed by atoms with Gasteiger partial charge in [0.15, 0.2) is 5.82 Å². The summed E-state index contributed by atoms with van der Waals surface area (Å²) in [5.41, 5.74) is 1.95. The Morgan fingerprint density at radius 2 is 2.00 bits per heavy atom. The van der Waals surface area contributed by atoms with Crippen LogP contribution in [0, 0.1) is 5.92 Å². The fourth-order valence-corrected chi connectivity index (χ4v) is 4.75. The van der Waals surface area contributed by atoms with Crippen molar-refractivity contribution in [1.82, 2.24) is 14.7 Å². The summed E-state index contributed by atoms with van der Waals surface area (Å²) in [6.07, 6.45) is 2.16. The van der Waals surface area contributed by atoms with E-state index in [2.05, 4.69) is 10.4 Å². The number of nitrogens with zero attached hydrogens (tertiary/aromatic N) is 3. The Kier molecular flexibility index (Phi) is 4.50. The fourth-order valence-electron chi connectivity index (χ4n) is 3.95. The molecule has 1 aliphatic carbocycles. The number of anilines is 1. The van der Waals surface area contributed by atoms with Gasteiger partial charge >= 0.3 is 0 Å². The summed E-state index contributed by atoms with van der Waals surface area (Å²) in [5.74, 6) is 0.263. The van der Waals surface area contributed by atoms with E-state index in [1.54, 1.807) is 28.8 Å². The predicted octanol–water partition coefficient (Wildman–Crippen LogP) is 1.45. The van der Waals surface area contributed by atoms with Crippen LogP contribution in [0.2, 0.25) is 0 Å². The van der Waals surface area contributed by atoms with E-state index in [1.807, 2.05) is 6.92 Å². The molecule has 1 aliphatic heterocycles. The second kappa shape index (κ2) is 6.67. The molecule has 29 heavy (non-hydrogen) atoms. The molecule has 0 radical (unpaired) electrons. The van der Waals surface area contributed by atoms with Crippen LogP contribution in [0.1, 0.15) is 42.6 Å². The van der Waals surface area contributed by atoms with Crippen LogP contribution in [0.4, 0.5) is 5.82 Å². The number of hydrogen-bond donors (Lipinski definition) is 2. The standard InChI is InChI=1S/C19H23N5O4S/c1-10(12-4-5-12)24-9-14-6-13(7-16(29(20,27)28)18(14)19(24)26)15-8-17(21-11(2)25)22-23(15)3/h6-8,10,12H,4-5,9H2,1-3H3,(H2,20,27,28)(H,21,22,25)/t10-/m0/s1. The monoisotopic (exact) mass is 417 g/mol. The average Bonchev–Trinajstić information content (AvgIpc) is 3.33. The van der Waals surface area contributed by atoms with E-state index in [1.165, 1.54) is 13.0 Å². The highest BCUT2D eigenvalue weighted by Crippen LogP contribution is 2.40. The second-order valence-electron chi connectivity index (χ2n) is 7.78. The molecule has 10 heteroatoms. The number of nitrogens with one attached hydrogen (secondary N) is 1. The number of hydrogen-bond acceptors (Lipinski definition) is 5. The number of aryl methyl sites for hydroxylation is 1. The number of aromatic nitrogens is 2. The number of nitrogens with two attached hydrogens (primary N) is 1. The van der Waals surface area contributed by atoms with Gasteiger partial charge in [-0.3, -0.25) is 14.3 Å². The molecule has 1 saturated carbocycles. The maximum absolute atomic E-state index is 13.0. The van der Waals surface area contributed by atoms with Crippen molar-refractivity contribution < 1.29 is 18.0 Å². The summed E-state index contributed by atoms with van der Waals surface area (Å²) in [6, 6.07) is 4.91. The molecule has 1 aromatic heterocycles. The third-order valence-corrected chi connectivity index (χ3v) is 6.52. The Bertz CT molecular complexity index is 1130. The number of benzene rings is 1. The second-order valence-corrected chi connectivity index (χ2v) is 9.31. The zero-order valence-corrected chi connectivity index (χ0v) is 17.3. The van der Waals surface area contributed by atoms with Gasteiger partial charge in [0, 0.05) is 38.2 Å². The first-order valence-electron chi connectivity index (χ1n) is 9.39. The normalized spacial score (nSPS) is 17.4. The highest BCUT2D eigenvalue weighted by Gasteiger charge is 2.41. The topological polar surface area (TPSA) is 127 Å². The lowest BCUT2D eigenvalue weighted by atomic mass is 10.0. The summed E-state index contributed by atoms with van der Waals surface area (Å²) in [5, 5.41) is 12.3. The Morgan fingerprint density at radius 3 is 2.59 bits per heavy atom. The largest absolute Gasteiger partial charge is 0.331 e. The van der Waals surface area contributed by atoms with Crippen LogP contribution in [0.5, 0.6) is 0 Å². The SMILES string of the molecule is CC(=O)Nc1cc(-c2cc3c(c(S(N)(=O)=O)c2)C(=O)N([C@@H](C)C2CC2)C3)n(C)n1. The molecule has 2 aliphatic rings. The molecule has 2 heterocycles. The molecule has 1 atom stereocenters. The number of amides is 2. The minimum absolute atomic E-state index is 0.0507. The Balaban J connectivity index is 1.82. The van der Waals surface area contributed by atoms with Gasteiger partial charge in [-0.05, 0) is 43.4 Å². The minimum atomic E-state index is -4.12. The molecule has 0 spiro atoms. The molecule has 1 fully saturated rings.